The molecular formula is C15H15F3N2O2. The predicted molar refractivity (Wildman–Crippen MR) is 74.7 cm³/mol. The van der Waals surface area contributed by atoms with E-state index in [1.807, 2.05) is 13.0 Å². The van der Waals surface area contributed by atoms with Crippen molar-refractivity contribution in [1.82, 2.24) is 5.16 Å². The fraction of sp³-hybridized carbons (Fsp3) is 0.467. The van der Waals surface area contributed by atoms with Crippen molar-refractivity contribution in [3.63, 3.8) is 0 Å². The largest absolute Gasteiger partial charge is 0.450 e. The average molecular weight is 312 g/mol. The van der Waals surface area contributed by atoms with Crippen LogP contribution in [0, 0.1) is 5.92 Å². The Bertz CT molecular complexity index is 721. The molecule has 0 fully saturated rings. The van der Waals surface area contributed by atoms with Crippen LogP contribution in [0.3, 0.4) is 0 Å². The van der Waals surface area contributed by atoms with E-state index < -0.39 is 17.9 Å². The third-order valence-electron chi connectivity index (χ3n) is 4.06. The number of nitrogens with zero attached hydrogens (tertiary/aromatic N) is 1. The van der Waals surface area contributed by atoms with Crippen LogP contribution in [0.4, 0.5) is 18.9 Å². The van der Waals surface area contributed by atoms with E-state index in [4.69, 9.17) is 4.52 Å². The zero-order valence-electron chi connectivity index (χ0n) is 12.0. The molecule has 118 valence electrons. The molecule has 1 aromatic heterocycles. The predicted octanol–water partition coefficient (Wildman–Crippen LogP) is 3.50. The van der Waals surface area contributed by atoms with Gasteiger partial charge in [0.2, 0.25) is 5.78 Å². The zero-order valence-corrected chi connectivity index (χ0v) is 12.0. The molecule has 3 rings (SSSR count). The molecule has 1 aliphatic heterocycles. The van der Waals surface area contributed by atoms with Crippen molar-refractivity contribution in [2.75, 3.05) is 11.9 Å². The number of carbonyl (C=O) groups is 1. The number of alkyl halides is 3. The van der Waals surface area contributed by atoms with E-state index in [9.17, 15) is 18.0 Å². The van der Waals surface area contributed by atoms with Crippen LogP contribution in [0.25, 0.3) is 11.0 Å². The number of hydrogen-bond acceptors (Lipinski definition) is 4. The van der Waals surface area contributed by atoms with Gasteiger partial charge in [-0.1, -0.05) is 12.1 Å². The van der Waals surface area contributed by atoms with Crippen LogP contribution in [0.1, 0.15) is 24.6 Å². The summed E-state index contributed by atoms with van der Waals surface area (Å²) in [6, 6.07) is 3.64. The molecule has 0 spiro atoms. The normalized spacial score (nSPS) is 18.6. The second-order valence-corrected chi connectivity index (χ2v) is 5.47. The van der Waals surface area contributed by atoms with Crippen LogP contribution in [0.5, 0.6) is 0 Å². The standard InChI is InChI=1S/C15H15F3N2O2/c1-2-11-10-5-8-3-4-9(14(21)15(16,17)18)7-19-12(8)6-13(10)22-20-11/h5-6,9,19H,2-4,7H2,1H3. The number of hydrogen-bond donors (Lipinski definition) is 1. The van der Waals surface area contributed by atoms with E-state index in [1.165, 1.54) is 0 Å². The summed E-state index contributed by atoms with van der Waals surface area (Å²) < 4.78 is 43.0. The molecule has 7 heteroatoms. The molecule has 1 aromatic carbocycles. The maximum atomic E-state index is 12.6. The molecular weight excluding hydrogens is 297 g/mol. The quantitative estimate of drug-likeness (QED) is 0.922. The molecule has 0 saturated carbocycles. The van der Waals surface area contributed by atoms with Crippen molar-refractivity contribution in [2.24, 2.45) is 5.92 Å². The number of anilines is 1. The van der Waals surface area contributed by atoms with Gasteiger partial charge < -0.3 is 9.84 Å². The molecule has 2 aromatic rings. The first kappa shape index (κ1) is 14.9. The number of Topliss-reactive ketones (excluding diaryl/α,β-unsaturated/α-hetero) is 1. The third-order valence-corrected chi connectivity index (χ3v) is 4.06. The minimum absolute atomic E-state index is 0.0222. The summed E-state index contributed by atoms with van der Waals surface area (Å²) in [7, 11) is 0. The monoisotopic (exact) mass is 312 g/mol. The maximum Gasteiger partial charge on any atom is 0.450 e. The van der Waals surface area contributed by atoms with Gasteiger partial charge in [-0.3, -0.25) is 4.79 Å². The van der Waals surface area contributed by atoms with Crippen molar-refractivity contribution in [3.8, 4) is 0 Å². The Kier molecular flexibility index (Phi) is 3.58. The molecule has 0 bridgehead atoms. The summed E-state index contributed by atoms with van der Waals surface area (Å²) in [4.78, 5) is 11.4. The average Bonchev–Trinajstić information content (AvgIpc) is 2.75. The Labute approximate surface area is 124 Å². The molecule has 0 saturated heterocycles. The summed E-state index contributed by atoms with van der Waals surface area (Å²) in [5, 5.41) is 7.80. The molecule has 1 aliphatic rings. The smallest absolute Gasteiger partial charge is 0.384 e. The summed E-state index contributed by atoms with van der Waals surface area (Å²) in [6.45, 7) is 1.94. The molecule has 1 N–H and O–H groups in total. The van der Waals surface area contributed by atoms with E-state index in [0.29, 0.717) is 24.1 Å². The minimum atomic E-state index is -4.78. The highest BCUT2D eigenvalue weighted by Crippen LogP contribution is 2.32. The molecule has 0 amide bonds. The van der Waals surface area contributed by atoms with Crippen LogP contribution >= 0.6 is 0 Å². The lowest BCUT2D eigenvalue weighted by atomic mass is 9.96. The number of halogens is 3. The number of nitrogens with one attached hydrogen (secondary N) is 1. The van der Waals surface area contributed by atoms with Gasteiger partial charge in [-0.15, -0.1) is 0 Å². The zero-order chi connectivity index (χ0) is 15.9. The molecule has 22 heavy (non-hydrogen) atoms. The Hall–Kier alpha value is -2.05. The molecule has 2 heterocycles. The topological polar surface area (TPSA) is 55.1 Å². The van der Waals surface area contributed by atoms with Gasteiger partial charge in [-0.25, -0.2) is 0 Å². The maximum absolute atomic E-state index is 12.6. The van der Waals surface area contributed by atoms with Gasteiger partial charge in [0.15, 0.2) is 5.58 Å². The number of aromatic nitrogens is 1. The highest BCUT2D eigenvalue weighted by atomic mass is 19.4. The van der Waals surface area contributed by atoms with Crippen LogP contribution < -0.4 is 5.32 Å². The van der Waals surface area contributed by atoms with E-state index in [2.05, 4.69) is 10.5 Å². The minimum Gasteiger partial charge on any atom is -0.384 e. The van der Waals surface area contributed by atoms with Crippen molar-refractivity contribution in [3.05, 3.63) is 23.4 Å². The first-order valence-electron chi connectivity index (χ1n) is 7.16. The summed E-state index contributed by atoms with van der Waals surface area (Å²) in [5.74, 6) is -2.71. The van der Waals surface area contributed by atoms with Crippen molar-refractivity contribution >= 4 is 22.4 Å². The molecule has 1 unspecified atom stereocenters. The number of ketones is 1. The van der Waals surface area contributed by atoms with Gasteiger partial charge in [0.1, 0.15) is 0 Å². The van der Waals surface area contributed by atoms with Crippen LogP contribution in [-0.2, 0) is 17.6 Å². The lowest BCUT2D eigenvalue weighted by Gasteiger charge is -2.15. The van der Waals surface area contributed by atoms with E-state index in [0.717, 1.165) is 16.6 Å². The van der Waals surface area contributed by atoms with Crippen LogP contribution in [-0.4, -0.2) is 23.7 Å². The van der Waals surface area contributed by atoms with Crippen molar-refractivity contribution < 1.29 is 22.5 Å². The number of benzene rings is 1. The lowest BCUT2D eigenvalue weighted by Crippen LogP contribution is -2.34. The van der Waals surface area contributed by atoms with Gasteiger partial charge in [0.25, 0.3) is 0 Å². The second-order valence-electron chi connectivity index (χ2n) is 5.47. The first-order chi connectivity index (χ1) is 10.4. The molecule has 1 atom stereocenters. The van der Waals surface area contributed by atoms with Gasteiger partial charge in [-0.05, 0) is 30.9 Å². The van der Waals surface area contributed by atoms with Gasteiger partial charge >= 0.3 is 6.18 Å². The Morgan fingerprint density at radius 2 is 2.23 bits per heavy atom. The molecule has 0 radical (unpaired) electrons. The second kappa shape index (κ2) is 5.30. The number of carbonyl (C=O) groups excluding carboxylic acids is 1. The Balaban J connectivity index is 1.90. The van der Waals surface area contributed by atoms with Crippen LogP contribution in [0.15, 0.2) is 16.7 Å². The fourth-order valence-electron chi connectivity index (χ4n) is 2.83. The van der Waals surface area contributed by atoms with E-state index in [-0.39, 0.29) is 13.0 Å². The fourth-order valence-corrected chi connectivity index (χ4v) is 2.83. The van der Waals surface area contributed by atoms with E-state index >= 15 is 0 Å². The Morgan fingerprint density at radius 1 is 1.45 bits per heavy atom. The summed E-state index contributed by atoms with van der Waals surface area (Å²) in [5.41, 5.74) is 3.03. The van der Waals surface area contributed by atoms with Crippen molar-refractivity contribution in [2.45, 2.75) is 32.4 Å². The highest BCUT2D eigenvalue weighted by molar-refractivity contribution is 5.88. The number of aryl methyl sites for hydroxylation is 2. The summed E-state index contributed by atoms with van der Waals surface area (Å²) in [6.07, 6.45) is -3.47. The SMILES string of the molecule is CCc1noc2cc3c(cc12)CCC(C(=O)C(F)(F)F)CN3. The Morgan fingerprint density at radius 3 is 2.91 bits per heavy atom. The molecule has 4 nitrogen and oxygen atoms in total. The summed E-state index contributed by atoms with van der Waals surface area (Å²) >= 11 is 0. The van der Waals surface area contributed by atoms with Gasteiger partial charge in [-0.2, -0.15) is 13.2 Å². The highest BCUT2D eigenvalue weighted by Gasteiger charge is 2.43. The first-order valence-corrected chi connectivity index (χ1v) is 7.16. The lowest BCUT2D eigenvalue weighted by molar-refractivity contribution is -0.175. The number of fused-ring (bicyclic) bond motifs is 2. The van der Waals surface area contributed by atoms with Crippen LogP contribution in [0.2, 0.25) is 0 Å². The molecule has 0 aliphatic carbocycles. The third kappa shape index (κ3) is 2.55. The van der Waals surface area contributed by atoms with Gasteiger partial charge in [0, 0.05) is 29.6 Å². The van der Waals surface area contributed by atoms with Gasteiger partial charge in [0.05, 0.1) is 5.69 Å². The van der Waals surface area contributed by atoms with Crippen molar-refractivity contribution in [1.29, 1.82) is 0 Å². The van der Waals surface area contributed by atoms with E-state index in [1.54, 1.807) is 6.07 Å². The number of rotatable bonds is 2.